The standard InChI is InChI=1S/C13H9Cl2N3O3/c14-8-4-2-1-3-7(8)11(13(20)21)18-12(19)9-5-17-10(15)6-16-9/h1-6,11H,(H,18,19)(H,20,21)/t11-/m1/s1. The fraction of sp³-hybridized carbons (Fsp3) is 0.0769. The van der Waals surface area contributed by atoms with Gasteiger partial charge in [0.05, 0.1) is 12.4 Å². The summed E-state index contributed by atoms with van der Waals surface area (Å²) in [4.78, 5) is 30.8. The number of rotatable bonds is 4. The van der Waals surface area contributed by atoms with Crippen LogP contribution in [0.5, 0.6) is 0 Å². The molecule has 1 heterocycles. The zero-order chi connectivity index (χ0) is 15.4. The Labute approximate surface area is 129 Å². The quantitative estimate of drug-likeness (QED) is 0.900. The largest absolute Gasteiger partial charge is 0.479 e. The highest BCUT2D eigenvalue weighted by molar-refractivity contribution is 6.31. The first-order chi connectivity index (χ1) is 9.99. The second-order valence-corrected chi connectivity index (χ2v) is 4.79. The summed E-state index contributed by atoms with van der Waals surface area (Å²) in [6, 6.07) is 5.07. The predicted molar refractivity (Wildman–Crippen MR) is 76.3 cm³/mol. The maximum absolute atomic E-state index is 12.0. The molecule has 8 heteroatoms. The summed E-state index contributed by atoms with van der Waals surface area (Å²) in [5.74, 6) is -1.93. The van der Waals surface area contributed by atoms with Gasteiger partial charge in [-0.1, -0.05) is 41.4 Å². The van der Waals surface area contributed by atoms with Crippen molar-refractivity contribution in [1.29, 1.82) is 0 Å². The molecule has 1 aromatic heterocycles. The molecular formula is C13H9Cl2N3O3. The van der Waals surface area contributed by atoms with Crippen molar-refractivity contribution >= 4 is 35.1 Å². The Balaban J connectivity index is 2.25. The van der Waals surface area contributed by atoms with E-state index >= 15 is 0 Å². The number of benzene rings is 1. The van der Waals surface area contributed by atoms with E-state index in [0.717, 1.165) is 6.20 Å². The highest BCUT2D eigenvalue weighted by atomic mass is 35.5. The Morgan fingerprint density at radius 2 is 1.86 bits per heavy atom. The molecule has 108 valence electrons. The van der Waals surface area contributed by atoms with Gasteiger partial charge in [0, 0.05) is 10.6 Å². The molecule has 0 aliphatic heterocycles. The van der Waals surface area contributed by atoms with Gasteiger partial charge >= 0.3 is 5.97 Å². The first-order valence-electron chi connectivity index (χ1n) is 5.74. The maximum Gasteiger partial charge on any atom is 0.330 e. The second-order valence-electron chi connectivity index (χ2n) is 3.99. The summed E-state index contributed by atoms with van der Waals surface area (Å²) in [6.07, 6.45) is 2.35. The van der Waals surface area contributed by atoms with Gasteiger partial charge < -0.3 is 10.4 Å². The van der Waals surface area contributed by atoms with Crippen molar-refractivity contribution in [2.75, 3.05) is 0 Å². The van der Waals surface area contributed by atoms with Gasteiger partial charge in [-0.15, -0.1) is 0 Å². The number of amides is 1. The average Bonchev–Trinajstić information content (AvgIpc) is 2.46. The normalized spacial score (nSPS) is 11.7. The number of carboxylic acids is 1. The van der Waals surface area contributed by atoms with E-state index in [0.29, 0.717) is 0 Å². The van der Waals surface area contributed by atoms with Gasteiger partial charge in [-0.2, -0.15) is 0 Å². The van der Waals surface area contributed by atoms with Crippen molar-refractivity contribution in [3.63, 3.8) is 0 Å². The van der Waals surface area contributed by atoms with Crippen molar-refractivity contribution in [3.8, 4) is 0 Å². The highest BCUT2D eigenvalue weighted by Crippen LogP contribution is 2.23. The molecular weight excluding hydrogens is 317 g/mol. The number of aliphatic carboxylic acids is 1. The summed E-state index contributed by atoms with van der Waals surface area (Å²) in [6.45, 7) is 0. The van der Waals surface area contributed by atoms with E-state index in [1.54, 1.807) is 18.2 Å². The van der Waals surface area contributed by atoms with Crippen LogP contribution in [0.4, 0.5) is 0 Å². The lowest BCUT2D eigenvalue weighted by atomic mass is 10.1. The topological polar surface area (TPSA) is 92.2 Å². The SMILES string of the molecule is O=C(N[C@@H](C(=O)O)c1ccccc1Cl)c1cnc(Cl)cn1. The van der Waals surface area contributed by atoms with Crippen molar-refractivity contribution < 1.29 is 14.7 Å². The number of carbonyl (C=O) groups is 2. The second kappa shape index (κ2) is 6.51. The maximum atomic E-state index is 12.0. The third-order valence-electron chi connectivity index (χ3n) is 2.59. The number of hydrogen-bond acceptors (Lipinski definition) is 4. The highest BCUT2D eigenvalue weighted by Gasteiger charge is 2.25. The van der Waals surface area contributed by atoms with Crippen LogP contribution in [0.1, 0.15) is 22.1 Å². The predicted octanol–water partition coefficient (Wildman–Crippen LogP) is 2.34. The Bertz CT molecular complexity index is 677. The monoisotopic (exact) mass is 325 g/mol. The van der Waals surface area contributed by atoms with E-state index in [9.17, 15) is 14.7 Å². The van der Waals surface area contributed by atoms with Gasteiger partial charge in [-0.05, 0) is 6.07 Å². The molecule has 0 unspecified atom stereocenters. The molecule has 2 rings (SSSR count). The molecule has 1 atom stereocenters. The minimum atomic E-state index is -1.29. The molecule has 0 spiro atoms. The Kier molecular flexibility index (Phi) is 4.72. The van der Waals surface area contributed by atoms with Crippen LogP contribution in [0.3, 0.4) is 0 Å². The number of carbonyl (C=O) groups excluding carboxylic acids is 1. The summed E-state index contributed by atoms with van der Waals surface area (Å²) in [7, 11) is 0. The van der Waals surface area contributed by atoms with Crippen molar-refractivity contribution in [2.45, 2.75) is 6.04 Å². The smallest absolute Gasteiger partial charge is 0.330 e. The molecule has 2 aromatic rings. The van der Waals surface area contributed by atoms with E-state index in [-0.39, 0.29) is 21.4 Å². The van der Waals surface area contributed by atoms with E-state index in [1.165, 1.54) is 12.3 Å². The molecule has 0 saturated carbocycles. The van der Waals surface area contributed by atoms with Crippen LogP contribution in [-0.4, -0.2) is 27.0 Å². The Morgan fingerprint density at radius 3 is 2.43 bits per heavy atom. The summed E-state index contributed by atoms with van der Waals surface area (Å²) < 4.78 is 0. The van der Waals surface area contributed by atoms with Crippen LogP contribution in [0.2, 0.25) is 10.2 Å². The lowest BCUT2D eigenvalue weighted by Gasteiger charge is -2.15. The van der Waals surface area contributed by atoms with E-state index in [4.69, 9.17) is 23.2 Å². The Morgan fingerprint density at radius 1 is 1.14 bits per heavy atom. The van der Waals surface area contributed by atoms with E-state index in [2.05, 4.69) is 15.3 Å². The van der Waals surface area contributed by atoms with Crippen molar-refractivity contribution in [3.05, 3.63) is 58.1 Å². The fourth-order valence-electron chi connectivity index (χ4n) is 1.62. The molecule has 0 aliphatic rings. The number of carboxylic acid groups (broad SMARTS) is 1. The number of aromatic nitrogens is 2. The van der Waals surface area contributed by atoms with Gasteiger partial charge in [-0.25, -0.2) is 14.8 Å². The summed E-state index contributed by atoms with van der Waals surface area (Å²) >= 11 is 11.5. The van der Waals surface area contributed by atoms with Crippen molar-refractivity contribution in [2.24, 2.45) is 0 Å². The molecule has 0 aliphatic carbocycles. The fourth-order valence-corrected chi connectivity index (χ4v) is 1.96. The van der Waals surface area contributed by atoms with E-state index in [1.807, 2.05) is 0 Å². The minimum absolute atomic E-state index is 0.0438. The van der Waals surface area contributed by atoms with Gasteiger partial charge in [0.2, 0.25) is 0 Å². The molecule has 0 radical (unpaired) electrons. The minimum Gasteiger partial charge on any atom is -0.479 e. The zero-order valence-electron chi connectivity index (χ0n) is 10.5. The molecule has 0 bridgehead atoms. The third kappa shape index (κ3) is 3.68. The van der Waals surface area contributed by atoms with Crippen LogP contribution in [0, 0.1) is 0 Å². The van der Waals surface area contributed by atoms with Crippen LogP contribution in [-0.2, 0) is 4.79 Å². The van der Waals surface area contributed by atoms with Gasteiger partial charge in [-0.3, -0.25) is 4.79 Å². The van der Waals surface area contributed by atoms with Crippen molar-refractivity contribution in [1.82, 2.24) is 15.3 Å². The molecule has 0 fully saturated rings. The average molecular weight is 326 g/mol. The van der Waals surface area contributed by atoms with E-state index < -0.39 is 17.9 Å². The number of nitrogens with zero attached hydrogens (tertiary/aromatic N) is 2. The van der Waals surface area contributed by atoms with Gasteiger partial charge in [0.1, 0.15) is 10.8 Å². The first kappa shape index (κ1) is 15.2. The number of halogens is 2. The number of hydrogen-bond donors (Lipinski definition) is 2. The Hall–Kier alpha value is -2.18. The summed E-state index contributed by atoms with van der Waals surface area (Å²) in [5.41, 5.74) is 0.236. The lowest BCUT2D eigenvalue weighted by Crippen LogP contribution is -2.34. The molecule has 0 saturated heterocycles. The zero-order valence-corrected chi connectivity index (χ0v) is 12.0. The molecule has 6 nitrogen and oxygen atoms in total. The van der Waals surface area contributed by atoms with Crippen LogP contribution < -0.4 is 5.32 Å². The molecule has 2 N–H and O–H groups in total. The van der Waals surface area contributed by atoms with Crippen LogP contribution in [0.15, 0.2) is 36.7 Å². The van der Waals surface area contributed by atoms with Crippen LogP contribution >= 0.6 is 23.2 Å². The third-order valence-corrected chi connectivity index (χ3v) is 3.13. The summed E-state index contributed by atoms with van der Waals surface area (Å²) in [5, 5.41) is 12.0. The van der Waals surface area contributed by atoms with Gasteiger partial charge in [0.15, 0.2) is 6.04 Å². The first-order valence-corrected chi connectivity index (χ1v) is 6.50. The van der Waals surface area contributed by atoms with Crippen LogP contribution in [0.25, 0.3) is 0 Å². The van der Waals surface area contributed by atoms with Gasteiger partial charge in [0.25, 0.3) is 5.91 Å². The molecule has 21 heavy (non-hydrogen) atoms. The molecule has 1 amide bonds. The number of nitrogens with one attached hydrogen (secondary N) is 1. The molecule has 1 aromatic carbocycles. The lowest BCUT2D eigenvalue weighted by molar-refractivity contribution is -0.139.